The number of aliphatic hydroxyl groups is 1. The monoisotopic (exact) mass is 284 g/mol. The van der Waals surface area contributed by atoms with Gasteiger partial charge in [-0.3, -0.25) is 4.74 Å². The van der Waals surface area contributed by atoms with Gasteiger partial charge in [0.05, 0.1) is 37.6 Å². The lowest BCUT2D eigenvalue weighted by atomic mass is 9.92. The average molecular weight is 284 g/mol. The summed E-state index contributed by atoms with van der Waals surface area (Å²) in [5.74, 6) is 0.0263. The van der Waals surface area contributed by atoms with Crippen LogP contribution in [0.15, 0.2) is 0 Å². The van der Waals surface area contributed by atoms with Crippen molar-refractivity contribution in [1.29, 1.82) is 0 Å². The summed E-state index contributed by atoms with van der Waals surface area (Å²) >= 11 is 0. The fourth-order valence-electron chi connectivity index (χ4n) is 2.82. The number of rotatable bonds is 6. The Hall–Kier alpha value is -0.370. The first-order valence-corrected chi connectivity index (χ1v) is 6.53. The van der Waals surface area contributed by atoms with E-state index >= 15 is 0 Å². The van der Waals surface area contributed by atoms with Gasteiger partial charge in [0.25, 0.3) is 0 Å². The molecule has 0 radical (unpaired) electrons. The summed E-state index contributed by atoms with van der Waals surface area (Å²) in [5.41, 5.74) is -0.383. The van der Waals surface area contributed by atoms with Crippen LogP contribution in [0.2, 0.25) is 0 Å². The molecule has 0 aromatic carbocycles. The summed E-state index contributed by atoms with van der Waals surface area (Å²) in [6.45, 7) is 1.24. The van der Waals surface area contributed by atoms with E-state index in [0.717, 1.165) is 19.3 Å². The number of hydrogen-bond donors (Lipinski definition) is 1. The highest BCUT2D eigenvalue weighted by Gasteiger charge is 2.61. The third kappa shape index (κ3) is 3.39. The Morgan fingerprint density at radius 1 is 1.32 bits per heavy atom. The molecule has 0 aromatic heterocycles. The normalized spacial score (nSPS) is 33.0. The van der Waals surface area contributed by atoms with Crippen LogP contribution in [-0.2, 0) is 14.2 Å². The zero-order valence-electron chi connectivity index (χ0n) is 10.8. The van der Waals surface area contributed by atoms with E-state index in [9.17, 15) is 18.3 Å². The van der Waals surface area contributed by atoms with Crippen LogP contribution < -0.4 is 0 Å². The first-order valence-electron chi connectivity index (χ1n) is 6.53. The second-order valence-corrected chi connectivity index (χ2v) is 5.06. The summed E-state index contributed by atoms with van der Waals surface area (Å²) < 4.78 is 50.6. The van der Waals surface area contributed by atoms with E-state index in [2.05, 4.69) is 4.74 Å². The van der Waals surface area contributed by atoms with Gasteiger partial charge < -0.3 is 14.6 Å². The van der Waals surface area contributed by atoms with Gasteiger partial charge in [-0.15, -0.1) is 13.2 Å². The maximum Gasteiger partial charge on any atom is 0.522 e. The molecule has 4 nitrogen and oxygen atoms in total. The molecule has 1 aliphatic carbocycles. The molecule has 2 aliphatic rings. The number of ether oxygens (including phenoxy) is 3. The van der Waals surface area contributed by atoms with Crippen LogP contribution in [0.4, 0.5) is 13.2 Å². The Labute approximate surface area is 109 Å². The molecule has 2 fully saturated rings. The molecule has 7 heteroatoms. The van der Waals surface area contributed by atoms with Crippen molar-refractivity contribution >= 4 is 0 Å². The topological polar surface area (TPSA) is 47.9 Å². The van der Waals surface area contributed by atoms with E-state index in [4.69, 9.17) is 9.47 Å². The fraction of sp³-hybridized carbons (Fsp3) is 1.00. The molecule has 1 saturated heterocycles. The van der Waals surface area contributed by atoms with Gasteiger partial charge in [-0.1, -0.05) is 6.92 Å². The molecule has 112 valence electrons. The minimum Gasteiger partial charge on any atom is -0.394 e. The highest BCUT2D eigenvalue weighted by atomic mass is 19.4. The first-order chi connectivity index (χ1) is 8.92. The molecule has 1 heterocycles. The Morgan fingerprint density at radius 2 is 2.00 bits per heavy atom. The quantitative estimate of drug-likeness (QED) is 0.756. The van der Waals surface area contributed by atoms with E-state index in [1.54, 1.807) is 0 Å². The molecule has 0 unspecified atom stereocenters. The summed E-state index contributed by atoms with van der Waals surface area (Å²) in [6, 6.07) is 0. The summed E-state index contributed by atoms with van der Waals surface area (Å²) in [4.78, 5) is 0. The summed E-state index contributed by atoms with van der Waals surface area (Å²) in [6.07, 6.45) is -2.70. The Kier molecular flexibility index (Phi) is 4.39. The van der Waals surface area contributed by atoms with Crippen molar-refractivity contribution in [3.05, 3.63) is 0 Å². The Bertz CT molecular complexity index is 304. The van der Waals surface area contributed by atoms with E-state index in [1.165, 1.54) is 0 Å². The van der Waals surface area contributed by atoms with Crippen molar-refractivity contribution in [3.8, 4) is 0 Å². The number of aliphatic hydroxyl groups excluding tert-OH is 1. The molecule has 2 rings (SSSR count). The lowest BCUT2D eigenvalue weighted by Gasteiger charge is -2.23. The van der Waals surface area contributed by atoms with Crippen LogP contribution in [-0.4, -0.2) is 49.1 Å². The van der Waals surface area contributed by atoms with Crippen LogP contribution in [0, 0.1) is 5.92 Å². The smallest absolute Gasteiger partial charge is 0.394 e. The second-order valence-electron chi connectivity index (χ2n) is 5.06. The van der Waals surface area contributed by atoms with Crippen molar-refractivity contribution in [3.63, 3.8) is 0 Å². The first kappa shape index (κ1) is 15.0. The molecule has 0 amide bonds. The van der Waals surface area contributed by atoms with Gasteiger partial charge >= 0.3 is 6.36 Å². The van der Waals surface area contributed by atoms with E-state index < -0.39 is 13.0 Å². The van der Waals surface area contributed by atoms with E-state index in [1.807, 2.05) is 6.92 Å². The van der Waals surface area contributed by atoms with Crippen molar-refractivity contribution in [1.82, 2.24) is 0 Å². The largest absolute Gasteiger partial charge is 0.522 e. The minimum absolute atomic E-state index is 0.0263. The van der Waals surface area contributed by atoms with Crippen molar-refractivity contribution in [2.45, 2.75) is 50.4 Å². The Balaban J connectivity index is 1.84. The highest BCUT2D eigenvalue weighted by Crippen LogP contribution is 2.54. The van der Waals surface area contributed by atoms with Crippen LogP contribution in [0.5, 0.6) is 0 Å². The lowest BCUT2D eigenvalue weighted by Crippen LogP contribution is -2.34. The van der Waals surface area contributed by atoms with Gasteiger partial charge in [0.1, 0.15) is 0 Å². The number of halogens is 3. The van der Waals surface area contributed by atoms with Crippen molar-refractivity contribution < 1.29 is 32.5 Å². The van der Waals surface area contributed by atoms with Crippen LogP contribution in [0.25, 0.3) is 0 Å². The summed E-state index contributed by atoms with van der Waals surface area (Å²) in [7, 11) is 0. The summed E-state index contributed by atoms with van der Waals surface area (Å²) in [5, 5.41) is 9.27. The third-order valence-corrected chi connectivity index (χ3v) is 3.81. The third-order valence-electron chi connectivity index (χ3n) is 3.81. The van der Waals surface area contributed by atoms with Crippen LogP contribution in [0.1, 0.15) is 26.2 Å². The van der Waals surface area contributed by atoms with E-state index in [-0.39, 0.29) is 36.9 Å². The van der Waals surface area contributed by atoms with Crippen LogP contribution in [0.3, 0.4) is 0 Å². The molecule has 3 atom stereocenters. The van der Waals surface area contributed by atoms with Crippen LogP contribution >= 0.6 is 0 Å². The fourth-order valence-corrected chi connectivity index (χ4v) is 2.82. The predicted octanol–water partition coefficient (Wildman–Crippen LogP) is 1.86. The van der Waals surface area contributed by atoms with Crippen molar-refractivity contribution in [2.24, 2.45) is 5.92 Å². The zero-order valence-corrected chi connectivity index (χ0v) is 10.8. The molecule has 0 aromatic rings. The maximum atomic E-state index is 11.8. The van der Waals surface area contributed by atoms with E-state index in [0.29, 0.717) is 0 Å². The minimum atomic E-state index is -4.62. The molecule has 1 saturated carbocycles. The number of alkyl halides is 3. The molecule has 1 N–H and O–H groups in total. The molecular weight excluding hydrogens is 265 g/mol. The SMILES string of the molecule is CC[C@H]1[C@@H](OCCOC(F)(F)F)C2(CC2)O[C@@H]1CO. The van der Waals surface area contributed by atoms with Gasteiger partial charge in [0.2, 0.25) is 0 Å². The average Bonchev–Trinajstić information content (AvgIpc) is 3.02. The predicted molar refractivity (Wildman–Crippen MR) is 59.5 cm³/mol. The van der Waals surface area contributed by atoms with Gasteiger partial charge in [-0.2, -0.15) is 0 Å². The van der Waals surface area contributed by atoms with Gasteiger partial charge in [0, 0.05) is 5.92 Å². The van der Waals surface area contributed by atoms with Gasteiger partial charge in [-0.05, 0) is 19.3 Å². The molecule has 0 bridgehead atoms. The molecular formula is C12H19F3O4. The second kappa shape index (κ2) is 5.55. The van der Waals surface area contributed by atoms with Gasteiger partial charge in [0.15, 0.2) is 0 Å². The molecule has 19 heavy (non-hydrogen) atoms. The highest BCUT2D eigenvalue weighted by molar-refractivity contribution is 5.11. The maximum absolute atomic E-state index is 11.8. The standard InChI is InChI=1S/C12H19F3O4/c1-2-8-9(7-16)19-11(3-4-11)10(8)17-5-6-18-12(13,14)15/h8-10,16H,2-7H2,1H3/t8-,9-,10-/m1/s1. The van der Waals surface area contributed by atoms with Crippen molar-refractivity contribution in [2.75, 3.05) is 19.8 Å². The lowest BCUT2D eigenvalue weighted by molar-refractivity contribution is -0.328. The Morgan fingerprint density at radius 3 is 2.47 bits per heavy atom. The van der Waals surface area contributed by atoms with Gasteiger partial charge in [-0.25, -0.2) is 0 Å². The number of hydrogen-bond acceptors (Lipinski definition) is 4. The zero-order chi connectivity index (χ0) is 14.1. The molecule has 1 aliphatic heterocycles. The molecule has 1 spiro atoms.